The van der Waals surface area contributed by atoms with Gasteiger partial charge >= 0.3 is 0 Å². The summed E-state index contributed by atoms with van der Waals surface area (Å²) in [6.07, 6.45) is -0.960. The van der Waals surface area contributed by atoms with Crippen LogP contribution >= 0.6 is 0 Å². The van der Waals surface area contributed by atoms with E-state index in [1.54, 1.807) is 6.07 Å². The first-order chi connectivity index (χ1) is 10.9. The molecule has 4 nitrogen and oxygen atoms in total. The molecular weight excluding hydrogens is 300 g/mol. The van der Waals surface area contributed by atoms with Gasteiger partial charge in [0.15, 0.2) is 0 Å². The molecule has 1 saturated carbocycles. The molecule has 0 unspecified atom stereocenters. The van der Waals surface area contributed by atoms with E-state index in [9.17, 15) is 13.6 Å². The van der Waals surface area contributed by atoms with Crippen LogP contribution in [0.25, 0.3) is 0 Å². The SMILES string of the molecule is Cc1ccc(NC(=O)c2cc(C(F)F)nc(C3CC3)n2)c(C)c1. The molecule has 1 fully saturated rings. The molecule has 0 atom stereocenters. The summed E-state index contributed by atoms with van der Waals surface area (Å²) >= 11 is 0. The molecular formula is C17H17F2N3O. The van der Waals surface area contributed by atoms with Gasteiger partial charge in [0.25, 0.3) is 12.3 Å². The zero-order valence-corrected chi connectivity index (χ0v) is 12.9. The lowest BCUT2D eigenvalue weighted by atomic mass is 10.1. The normalized spacial score (nSPS) is 14.1. The van der Waals surface area contributed by atoms with Crippen LogP contribution in [0.5, 0.6) is 0 Å². The number of hydrogen-bond acceptors (Lipinski definition) is 3. The fourth-order valence-electron chi connectivity index (χ4n) is 2.38. The number of alkyl halides is 2. The van der Waals surface area contributed by atoms with Crippen LogP contribution in [-0.4, -0.2) is 15.9 Å². The van der Waals surface area contributed by atoms with Crippen molar-refractivity contribution in [2.75, 3.05) is 5.32 Å². The van der Waals surface area contributed by atoms with Gasteiger partial charge in [0, 0.05) is 11.6 Å². The highest BCUT2D eigenvalue weighted by Gasteiger charge is 2.29. The highest BCUT2D eigenvalue weighted by molar-refractivity contribution is 6.03. The van der Waals surface area contributed by atoms with Crippen LogP contribution in [-0.2, 0) is 0 Å². The predicted molar refractivity (Wildman–Crippen MR) is 82.8 cm³/mol. The second kappa shape index (κ2) is 6.02. The third-order valence-corrected chi connectivity index (χ3v) is 3.79. The molecule has 3 rings (SSSR count). The van der Waals surface area contributed by atoms with E-state index in [2.05, 4.69) is 15.3 Å². The minimum Gasteiger partial charge on any atom is -0.320 e. The van der Waals surface area contributed by atoms with E-state index in [0.29, 0.717) is 11.5 Å². The average molecular weight is 317 g/mol. The van der Waals surface area contributed by atoms with Gasteiger partial charge in [0.2, 0.25) is 0 Å². The van der Waals surface area contributed by atoms with Crippen LogP contribution < -0.4 is 5.32 Å². The first-order valence-electron chi connectivity index (χ1n) is 7.49. The number of nitrogens with one attached hydrogen (secondary N) is 1. The number of benzene rings is 1. The topological polar surface area (TPSA) is 54.9 Å². The Hall–Kier alpha value is -2.37. The van der Waals surface area contributed by atoms with Crippen molar-refractivity contribution in [3.8, 4) is 0 Å². The number of rotatable bonds is 4. The molecule has 1 aliphatic rings. The summed E-state index contributed by atoms with van der Waals surface area (Å²) in [5.41, 5.74) is 2.22. The van der Waals surface area contributed by atoms with Gasteiger partial charge in [-0.05, 0) is 44.4 Å². The Kier molecular flexibility index (Phi) is 4.07. The molecule has 1 heterocycles. The Bertz CT molecular complexity index is 737. The quantitative estimate of drug-likeness (QED) is 0.921. The molecule has 0 spiro atoms. The fourth-order valence-corrected chi connectivity index (χ4v) is 2.38. The van der Waals surface area contributed by atoms with Crippen LogP contribution in [0.4, 0.5) is 14.5 Å². The Morgan fingerprint density at radius 2 is 1.96 bits per heavy atom. The first kappa shape index (κ1) is 15.5. The van der Waals surface area contributed by atoms with Gasteiger partial charge in [-0.1, -0.05) is 17.7 Å². The summed E-state index contributed by atoms with van der Waals surface area (Å²) in [7, 11) is 0. The Balaban J connectivity index is 1.89. The summed E-state index contributed by atoms with van der Waals surface area (Å²) in [6.45, 7) is 3.84. The Labute approximate surface area is 133 Å². The van der Waals surface area contributed by atoms with E-state index in [4.69, 9.17) is 0 Å². The maximum Gasteiger partial charge on any atom is 0.280 e. The van der Waals surface area contributed by atoms with Crippen molar-refractivity contribution in [1.82, 2.24) is 9.97 Å². The van der Waals surface area contributed by atoms with Crippen LogP contribution in [0, 0.1) is 13.8 Å². The van der Waals surface area contributed by atoms with Crippen molar-refractivity contribution in [3.63, 3.8) is 0 Å². The van der Waals surface area contributed by atoms with Gasteiger partial charge in [0.1, 0.15) is 17.2 Å². The Morgan fingerprint density at radius 1 is 1.22 bits per heavy atom. The lowest BCUT2D eigenvalue weighted by Crippen LogP contribution is -2.17. The maximum absolute atomic E-state index is 13.0. The van der Waals surface area contributed by atoms with Crippen molar-refractivity contribution in [2.24, 2.45) is 0 Å². The van der Waals surface area contributed by atoms with E-state index >= 15 is 0 Å². The van der Waals surface area contributed by atoms with Gasteiger partial charge in [-0.2, -0.15) is 0 Å². The van der Waals surface area contributed by atoms with Crippen LogP contribution in [0.2, 0.25) is 0 Å². The summed E-state index contributed by atoms with van der Waals surface area (Å²) < 4.78 is 26.0. The molecule has 0 saturated heterocycles. The van der Waals surface area contributed by atoms with Crippen molar-refractivity contribution >= 4 is 11.6 Å². The number of carbonyl (C=O) groups is 1. The third kappa shape index (κ3) is 3.52. The number of nitrogens with zero attached hydrogens (tertiary/aromatic N) is 2. The predicted octanol–water partition coefficient (Wildman–Crippen LogP) is 4.16. The van der Waals surface area contributed by atoms with Crippen molar-refractivity contribution < 1.29 is 13.6 Å². The summed E-state index contributed by atoms with van der Waals surface area (Å²) in [5, 5.41) is 2.73. The highest BCUT2D eigenvalue weighted by Crippen LogP contribution is 2.38. The minimum atomic E-state index is -2.72. The largest absolute Gasteiger partial charge is 0.320 e. The van der Waals surface area contributed by atoms with Crippen LogP contribution in [0.1, 0.15) is 58.3 Å². The highest BCUT2D eigenvalue weighted by atomic mass is 19.3. The van der Waals surface area contributed by atoms with Gasteiger partial charge in [-0.3, -0.25) is 4.79 Å². The molecule has 1 aromatic carbocycles. The van der Waals surface area contributed by atoms with Gasteiger partial charge in [0.05, 0.1) is 0 Å². The summed E-state index contributed by atoms with van der Waals surface area (Å²) in [6, 6.07) is 6.67. The molecule has 0 bridgehead atoms. The molecule has 1 N–H and O–H groups in total. The standard InChI is InChI=1S/C17H17F2N3O/c1-9-3-6-12(10(2)7-9)22-17(23)14-8-13(15(18)19)20-16(21-14)11-4-5-11/h3,6-8,11,15H,4-5H2,1-2H3,(H,22,23). The van der Waals surface area contributed by atoms with Gasteiger partial charge < -0.3 is 5.32 Å². The molecule has 1 amide bonds. The van der Waals surface area contributed by atoms with E-state index in [1.165, 1.54) is 0 Å². The number of carbonyl (C=O) groups excluding carboxylic acids is 1. The monoisotopic (exact) mass is 317 g/mol. The zero-order valence-electron chi connectivity index (χ0n) is 12.9. The Morgan fingerprint density at radius 3 is 2.57 bits per heavy atom. The molecule has 120 valence electrons. The van der Waals surface area contributed by atoms with Crippen LogP contribution in [0.3, 0.4) is 0 Å². The van der Waals surface area contributed by atoms with E-state index < -0.39 is 18.0 Å². The first-order valence-corrected chi connectivity index (χ1v) is 7.49. The number of aryl methyl sites for hydroxylation is 2. The smallest absolute Gasteiger partial charge is 0.280 e. The van der Waals surface area contributed by atoms with E-state index in [-0.39, 0.29) is 11.6 Å². The second-order valence-electron chi connectivity index (χ2n) is 5.88. The maximum atomic E-state index is 13.0. The lowest BCUT2D eigenvalue weighted by molar-refractivity contribution is 0.102. The van der Waals surface area contributed by atoms with E-state index in [0.717, 1.165) is 30.0 Å². The summed E-state index contributed by atoms with van der Waals surface area (Å²) in [5.74, 6) is -0.0573. The molecule has 23 heavy (non-hydrogen) atoms. The molecule has 0 aliphatic heterocycles. The molecule has 1 aromatic heterocycles. The molecule has 2 aromatic rings. The zero-order chi connectivity index (χ0) is 16.6. The van der Waals surface area contributed by atoms with Crippen LogP contribution in [0.15, 0.2) is 24.3 Å². The van der Waals surface area contributed by atoms with Crippen molar-refractivity contribution in [2.45, 2.75) is 39.0 Å². The average Bonchev–Trinajstić information content (AvgIpc) is 3.34. The number of aromatic nitrogens is 2. The van der Waals surface area contributed by atoms with Crippen molar-refractivity contribution in [1.29, 1.82) is 0 Å². The minimum absolute atomic E-state index is 0.0165. The lowest BCUT2D eigenvalue weighted by Gasteiger charge is -2.10. The van der Waals surface area contributed by atoms with Crippen molar-refractivity contribution in [3.05, 3.63) is 52.6 Å². The van der Waals surface area contributed by atoms with Gasteiger partial charge in [-0.25, -0.2) is 18.7 Å². The summed E-state index contributed by atoms with van der Waals surface area (Å²) in [4.78, 5) is 20.4. The molecule has 1 aliphatic carbocycles. The second-order valence-corrected chi connectivity index (χ2v) is 5.88. The molecule has 0 radical (unpaired) electrons. The van der Waals surface area contributed by atoms with E-state index in [1.807, 2.05) is 26.0 Å². The number of anilines is 1. The fraction of sp³-hybridized carbons (Fsp3) is 0.353. The molecule has 6 heteroatoms. The third-order valence-electron chi connectivity index (χ3n) is 3.79. The number of amides is 1. The number of halogens is 2. The van der Waals surface area contributed by atoms with Gasteiger partial charge in [-0.15, -0.1) is 0 Å². The number of hydrogen-bond donors (Lipinski definition) is 1.